The minimum Gasteiger partial charge on any atom is -0.353 e. The number of hydrogen-bond donors (Lipinski definition) is 1. The summed E-state index contributed by atoms with van der Waals surface area (Å²) in [5, 5.41) is 3.17. The lowest BCUT2D eigenvalue weighted by molar-refractivity contribution is -0.121. The summed E-state index contributed by atoms with van der Waals surface area (Å²) in [6.07, 6.45) is 7.46. The molecule has 0 aromatic heterocycles. The molecule has 4 nitrogen and oxygen atoms in total. The minimum absolute atomic E-state index is 0.0182. The van der Waals surface area contributed by atoms with E-state index >= 15 is 0 Å². The first-order valence-corrected chi connectivity index (χ1v) is 9.65. The summed E-state index contributed by atoms with van der Waals surface area (Å²) in [7, 11) is 0. The van der Waals surface area contributed by atoms with Gasteiger partial charge in [-0.1, -0.05) is 57.7 Å². The topological polar surface area (TPSA) is 49.4 Å². The summed E-state index contributed by atoms with van der Waals surface area (Å²) in [6, 6.07) is 8.28. The lowest BCUT2D eigenvalue weighted by Gasteiger charge is -2.25. The van der Waals surface area contributed by atoms with Gasteiger partial charge in [-0.25, -0.2) is 0 Å². The van der Waals surface area contributed by atoms with Crippen LogP contribution in [0.1, 0.15) is 77.2 Å². The molecule has 1 aromatic rings. The maximum absolute atomic E-state index is 12.4. The zero-order valence-electron chi connectivity index (χ0n) is 15.9. The Hall–Kier alpha value is -1.84. The third kappa shape index (κ3) is 5.87. The number of benzene rings is 1. The quantitative estimate of drug-likeness (QED) is 0.778. The van der Waals surface area contributed by atoms with Gasteiger partial charge in [0.25, 0.3) is 0 Å². The van der Waals surface area contributed by atoms with Crippen LogP contribution in [0.3, 0.4) is 0 Å². The van der Waals surface area contributed by atoms with Gasteiger partial charge in [0.05, 0.1) is 0 Å². The molecule has 1 aromatic carbocycles. The molecule has 138 valence electrons. The van der Waals surface area contributed by atoms with Gasteiger partial charge in [0.1, 0.15) is 0 Å². The molecule has 0 aliphatic heterocycles. The van der Waals surface area contributed by atoms with E-state index in [1.165, 1.54) is 25.7 Å². The molecule has 1 N–H and O–H groups in total. The predicted molar refractivity (Wildman–Crippen MR) is 103 cm³/mol. The summed E-state index contributed by atoms with van der Waals surface area (Å²) in [5.74, 6) is 0.369. The summed E-state index contributed by atoms with van der Waals surface area (Å²) in [6.45, 7) is 6.24. The molecule has 0 heterocycles. The number of hydrogen-bond acceptors (Lipinski definition) is 2. The van der Waals surface area contributed by atoms with Gasteiger partial charge in [0.2, 0.25) is 11.8 Å². The van der Waals surface area contributed by atoms with E-state index < -0.39 is 0 Å². The Kier molecular flexibility index (Phi) is 7.48. The second-order valence-electron chi connectivity index (χ2n) is 7.39. The summed E-state index contributed by atoms with van der Waals surface area (Å²) < 4.78 is 0. The molecule has 1 aliphatic rings. The number of amides is 2. The molecule has 1 saturated carbocycles. The van der Waals surface area contributed by atoms with Crippen molar-refractivity contribution in [1.82, 2.24) is 5.32 Å². The highest BCUT2D eigenvalue weighted by Crippen LogP contribution is 2.27. The monoisotopic (exact) mass is 344 g/mol. The van der Waals surface area contributed by atoms with Crippen LogP contribution in [0.15, 0.2) is 24.3 Å². The van der Waals surface area contributed by atoms with Crippen molar-refractivity contribution in [1.29, 1.82) is 0 Å². The van der Waals surface area contributed by atoms with Crippen molar-refractivity contribution in [3.05, 3.63) is 29.8 Å². The first-order chi connectivity index (χ1) is 12.0. The van der Waals surface area contributed by atoms with E-state index in [-0.39, 0.29) is 11.8 Å². The van der Waals surface area contributed by atoms with E-state index in [1.807, 2.05) is 18.2 Å². The third-order valence-electron chi connectivity index (χ3n) is 5.01. The van der Waals surface area contributed by atoms with Crippen LogP contribution in [0, 0.1) is 0 Å². The Morgan fingerprint density at radius 3 is 2.36 bits per heavy atom. The van der Waals surface area contributed by atoms with Gasteiger partial charge in [-0.15, -0.1) is 0 Å². The first-order valence-electron chi connectivity index (χ1n) is 9.65. The van der Waals surface area contributed by atoms with Crippen molar-refractivity contribution in [2.75, 3.05) is 11.4 Å². The Labute approximate surface area is 152 Å². The van der Waals surface area contributed by atoms with Crippen LogP contribution in [-0.4, -0.2) is 24.4 Å². The molecule has 0 atom stereocenters. The fourth-order valence-corrected chi connectivity index (χ4v) is 3.61. The number of rotatable bonds is 6. The van der Waals surface area contributed by atoms with Gasteiger partial charge < -0.3 is 10.2 Å². The molecule has 0 spiro atoms. The number of carbonyl (C=O) groups excluding carboxylic acids is 2. The highest BCUT2D eigenvalue weighted by atomic mass is 16.2. The van der Waals surface area contributed by atoms with Crippen molar-refractivity contribution in [3.8, 4) is 0 Å². The zero-order chi connectivity index (χ0) is 18.2. The molecule has 1 fully saturated rings. The van der Waals surface area contributed by atoms with E-state index in [0.717, 1.165) is 24.1 Å². The smallest absolute Gasteiger partial charge is 0.223 e. The Morgan fingerprint density at radius 1 is 1.12 bits per heavy atom. The molecule has 0 bridgehead atoms. The molecule has 2 rings (SSSR count). The highest BCUT2D eigenvalue weighted by molar-refractivity contribution is 5.93. The standard InChI is InChI=1S/C21H32N2O2/c1-16(2)19-12-8-9-13-20(19)23(17(3)24)15-14-21(25)22-18-10-6-4-5-7-11-18/h8-9,12-13,16,18H,4-7,10-11,14-15H2,1-3H3,(H,22,25). The number of para-hydroxylation sites is 1. The number of nitrogens with one attached hydrogen (secondary N) is 1. The molecule has 0 unspecified atom stereocenters. The third-order valence-corrected chi connectivity index (χ3v) is 5.01. The van der Waals surface area contributed by atoms with Crippen LogP contribution in [0.5, 0.6) is 0 Å². The van der Waals surface area contributed by atoms with E-state index in [1.54, 1.807) is 11.8 Å². The maximum atomic E-state index is 12.4. The minimum atomic E-state index is -0.0182. The fraction of sp³-hybridized carbons (Fsp3) is 0.619. The van der Waals surface area contributed by atoms with E-state index in [2.05, 4.69) is 25.2 Å². The lowest BCUT2D eigenvalue weighted by atomic mass is 10.00. The molecule has 1 aliphatic carbocycles. The Balaban J connectivity index is 1.98. The van der Waals surface area contributed by atoms with Crippen LogP contribution in [0.2, 0.25) is 0 Å². The van der Waals surface area contributed by atoms with Gasteiger partial charge in [0, 0.05) is 31.6 Å². The summed E-state index contributed by atoms with van der Waals surface area (Å²) >= 11 is 0. The van der Waals surface area contributed by atoms with E-state index in [4.69, 9.17) is 0 Å². The van der Waals surface area contributed by atoms with Gasteiger partial charge >= 0.3 is 0 Å². The van der Waals surface area contributed by atoms with Gasteiger partial charge in [-0.2, -0.15) is 0 Å². The van der Waals surface area contributed by atoms with Gasteiger partial charge in [-0.05, 0) is 30.4 Å². The SMILES string of the molecule is CC(=O)N(CCC(=O)NC1CCCCCC1)c1ccccc1C(C)C. The van der Waals surface area contributed by atoms with Crippen LogP contribution >= 0.6 is 0 Å². The van der Waals surface area contributed by atoms with E-state index in [9.17, 15) is 9.59 Å². The van der Waals surface area contributed by atoms with E-state index in [0.29, 0.717) is 24.9 Å². The van der Waals surface area contributed by atoms with Crippen LogP contribution < -0.4 is 10.2 Å². The first kappa shape index (κ1) is 19.5. The summed E-state index contributed by atoms with van der Waals surface area (Å²) in [5.41, 5.74) is 2.06. The number of anilines is 1. The Bertz CT molecular complexity index is 575. The molecule has 2 amide bonds. The zero-order valence-corrected chi connectivity index (χ0v) is 15.9. The molecular weight excluding hydrogens is 312 g/mol. The van der Waals surface area contributed by atoms with Crippen molar-refractivity contribution >= 4 is 17.5 Å². The maximum Gasteiger partial charge on any atom is 0.223 e. The highest BCUT2D eigenvalue weighted by Gasteiger charge is 2.19. The van der Waals surface area contributed by atoms with Gasteiger partial charge in [-0.3, -0.25) is 9.59 Å². The second kappa shape index (κ2) is 9.59. The van der Waals surface area contributed by atoms with Crippen molar-refractivity contribution in [2.24, 2.45) is 0 Å². The van der Waals surface area contributed by atoms with Crippen molar-refractivity contribution in [3.63, 3.8) is 0 Å². The predicted octanol–water partition coefficient (Wildman–Crippen LogP) is 4.39. The van der Waals surface area contributed by atoms with Crippen molar-refractivity contribution in [2.45, 2.75) is 77.7 Å². The van der Waals surface area contributed by atoms with Crippen LogP contribution in [0.4, 0.5) is 5.69 Å². The normalized spacial score (nSPS) is 15.7. The number of nitrogens with zero attached hydrogens (tertiary/aromatic N) is 1. The largest absolute Gasteiger partial charge is 0.353 e. The molecule has 4 heteroatoms. The number of carbonyl (C=O) groups is 2. The average Bonchev–Trinajstić information content (AvgIpc) is 2.83. The second-order valence-corrected chi connectivity index (χ2v) is 7.39. The van der Waals surface area contributed by atoms with Crippen LogP contribution in [0.25, 0.3) is 0 Å². The molecule has 0 radical (unpaired) electrons. The fourth-order valence-electron chi connectivity index (χ4n) is 3.61. The molecule has 25 heavy (non-hydrogen) atoms. The van der Waals surface area contributed by atoms with Crippen LogP contribution in [-0.2, 0) is 9.59 Å². The summed E-state index contributed by atoms with van der Waals surface area (Å²) in [4.78, 5) is 26.3. The molecular formula is C21H32N2O2. The Morgan fingerprint density at radius 2 is 1.76 bits per heavy atom. The van der Waals surface area contributed by atoms with Crippen molar-refractivity contribution < 1.29 is 9.59 Å². The molecule has 0 saturated heterocycles. The lowest BCUT2D eigenvalue weighted by Crippen LogP contribution is -2.38. The average molecular weight is 344 g/mol. The van der Waals surface area contributed by atoms with Gasteiger partial charge in [0.15, 0.2) is 0 Å².